The highest BCUT2D eigenvalue weighted by molar-refractivity contribution is 6.31. The number of benzene rings is 1. The zero-order chi connectivity index (χ0) is 13.1. The Labute approximate surface area is 111 Å². The number of rotatable bonds is 4. The molecule has 1 aliphatic rings. The quantitative estimate of drug-likeness (QED) is 0.915. The van der Waals surface area contributed by atoms with Crippen LogP contribution in [0, 0.1) is 0 Å². The van der Waals surface area contributed by atoms with Crippen molar-refractivity contribution in [3.8, 4) is 11.5 Å². The van der Waals surface area contributed by atoms with Crippen molar-refractivity contribution in [1.29, 1.82) is 0 Å². The van der Waals surface area contributed by atoms with Crippen LogP contribution in [-0.4, -0.2) is 32.0 Å². The van der Waals surface area contributed by atoms with E-state index < -0.39 is 6.10 Å². The number of hydrogen-bond acceptors (Lipinski definition) is 4. The fraction of sp³-hybridized carbons (Fsp3) is 0.538. The van der Waals surface area contributed by atoms with Crippen molar-refractivity contribution in [3.63, 3.8) is 0 Å². The summed E-state index contributed by atoms with van der Waals surface area (Å²) in [6.07, 6.45) is 0.874. The number of methoxy groups -OCH3 is 2. The highest BCUT2D eigenvalue weighted by Crippen LogP contribution is 2.38. The van der Waals surface area contributed by atoms with E-state index in [4.69, 9.17) is 25.8 Å². The highest BCUT2D eigenvalue weighted by atomic mass is 35.5. The zero-order valence-corrected chi connectivity index (χ0v) is 11.2. The van der Waals surface area contributed by atoms with Crippen molar-refractivity contribution in [2.75, 3.05) is 20.8 Å². The van der Waals surface area contributed by atoms with Gasteiger partial charge in [0.05, 0.1) is 25.3 Å². The molecular formula is C13H17ClO4. The average molecular weight is 273 g/mol. The van der Waals surface area contributed by atoms with E-state index in [9.17, 15) is 5.11 Å². The van der Waals surface area contributed by atoms with Crippen molar-refractivity contribution < 1.29 is 19.3 Å². The van der Waals surface area contributed by atoms with Crippen molar-refractivity contribution in [3.05, 3.63) is 22.7 Å². The second-order valence-electron chi connectivity index (χ2n) is 4.23. The van der Waals surface area contributed by atoms with Crippen LogP contribution in [0.25, 0.3) is 0 Å². The summed E-state index contributed by atoms with van der Waals surface area (Å²) < 4.78 is 15.8. The summed E-state index contributed by atoms with van der Waals surface area (Å²) in [6, 6.07) is 3.35. The summed E-state index contributed by atoms with van der Waals surface area (Å²) in [6.45, 7) is 0.687. The molecule has 0 aromatic heterocycles. The molecule has 0 aliphatic carbocycles. The lowest BCUT2D eigenvalue weighted by molar-refractivity contribution is -0.00264. The molecule has 1 heterocycles. The first kappa shape index (κ1) is 13.5. The van der Waals surface area contributed by atoms with E-state index in [1.54, 1.807) is 26.4 Å². The minimum absolute atomic E-state index is 0.194. The van der Waals surface area contributed by atoms with Crippen LogP contribution in [0.5, 0.6) is 11.5 Å². The molecule has 4 nitrogen and oxygen atoms in total. The SMILES string of the molecule is COc1cc(Cl)c(C(O)C2CCCO2)cc1OC. The summed E-state index contributed by atoms with van der Waals surface area (Å²) in [5.74, 6) is 1.10. The van der Waals surface area contributed by atoms with E-state index in [0.717, 1.165) is 12.8 Å². The molecule has 1 aliphatic heterocycles. The van der Waals surface area contributed by atoms with E-state index in [-0.39, 0.29) is 6.10 Å². The van der Waals surface area contributed by atoms with Crippen LogP contribution in [0.4, 0.5) is 0 Å². The van der Waals surface area contributed by atoms with Gasteiger partial charge in [-0.25, -0.2) is 0 Å². The van der Waals surface area contributed by atoms with Crippen LogP contribution in [0.1, 0.15) is 24.5 Å². The van der Waals surface area contributed by atoms with Crippen LogP contribution in [0.2, 0.25) is 5.02 Å². The van der Waals surface area contributed by atoms with Crippen molar-refractivity contribution >= 4 is 11.6 Å². The molecule has 2 rings (SSSR count). The Morgan fingerprint density at radius 1 is 1.33 bits per heavy atom. The van der Waals surface area contributed by atoms with Crippen LogP contribution >= 0.6 is 11.6 Å². The summed E-state index contributed by atoms with van der Waals surface area (Å²) in [7, 11) is 3.10. The number of aliphatic hydroxyl groups excluding tert-OH is 1. The van der Waals surface area contributed by atoms with Gasteiger partial charge in [-0.15, -0.1) is 0 Å². The van der Waals surface area contributed by atoms with E-state index in [1.807, 2.05) is 0 Å². The fourth-order valence-electron chi connectivity index (χ4n) is 2.15. The molecule has 0 spiro atoms. The number of aliphatic hydroxyl groups is 1. The molecule has 1 saturated heterocycles. The molecular weight excluding hydrogens is 256 g/mol. The molecule has 0 saturated carbocycles. The van der Waals surface area contributed by atoms with Crippen LogP contribution < -0.4 is 9.47 Å². The van der Waals surface area contributed by atoms with Gasteiger partial charge in [0.1, 0.15) is 6.10 Å². The highest BCUT2D eigenvalue weighted by Gasteiger charge is 2.28. The molecule has 100 valence electrons. The number of hydrogen-bond donors (Lipinski definition) is 1. The normalized spacial score (nSPS) is 20.8. The molecule has 1 N–H and O–H groups in total. The molecule has 1 fully saturated rings. The third kappa shape index (κ3) is 2.55. The fourth-order valence-corrected chi connectivity index (χ4v) is 2.41. The predicted molar refractivity (Wildman–Crippen MR) is 68.5 cm³/mol. The summed E-state index contributed by atoms with van der Waals surface area (Å²) in [5.41, 5.74) is 0.612. The summed E-state index contributed by atoms with van der Waals surface area (Å²) in [5, 5.41) is 10.7. The third-order valence-corrected chi connectivity index (χ3v) is 3.47. The van der Waals surface area contributed by atoms with Gasteiger partial charge in [-0.3, -0.25) is 0 Å². The van der Waals surface area contributed by atoms with E-state index in [0.29, 0.717) is 28.7 Å². The van der Waals surface area contributed by atoms with Gasteiger partial charge in [0.15, 0.2) is 11.5 Å². The minimum atomic E-state index is -0.736. The minimum Gasteiger partial charge on any atom is -0.493 e. The van der Waals surface area contributed by atoms with Gasteiger partial charge in [-0.1, -0.05) is 11.6 Å². The molecule has 5 heteroatoms. The predicted octanol–water partition coefficient (Wildman–Crippen LogP) is 2.57. The average Bonchev–Trinajstić information content (AvgIpc) is 2.91. The first-order valence-electron chi connectivity index (χ1n) is 5.88. The lowest BCUT2D eigenvalue weighted by Crippen LogP contribution is -2.17. The van der Waals surface area contributed by atoms with Crippen LogP contribution in [0.3, 0.4) is 0 Å². The summed E-state index contributed by atoms with van der Waals surface area (Å²) >= 11 is 6.16. The van der Waals surface area contributed by atoms with Gasteiger partial charge < -0.3 is 19.3 Å². The Bertz CT molecular complexity index is 416. The van der Waals surface area contributed by atoms with Crippen molar-refractivity contribution in [2.45, 2.75) is 25.0 Å². The zero-order valence-electron chi connectivity index (χ0n) is 10.5. The number of ether oxygens (including phenoxy) is 3. The van der Waals surface area contributed by atoms with E-state index in [2.05, 4.69) is 0 Å². The third-order valence-electron chi connectivity index (χ3n) is 3.14. The molecule has 0 amide bonds. The lowest BCUT2D eigenvalue weighted by atomic mass is 10.0. The molecule has 2 atom stereocenters. The van der Waals surface area contributed by atoms with Crippen molar-refractivity contribution in [2.24, 2.45) is 0 Å². The largest absolute Gasteiger partial charge is 0.493 e. The Kier molecular flexibility index (Phi) is 4.32. The van der Waals surface area contributed by atoms with Crippen LogP contribution in [0.15, 0.2) is 12.1 Å². The number of halogens is 1. The Hall–Kier alpha value is -0.970. The maximum Gasteiger partial charge on any atom is 0.162 e. The Balaban J connectivity index is 2.31. The van der Waals surface area contributed by atoms with Crippen LogP contribution in [-0.2, 0) is 4.74 Å². The van der Waals surface area contributed by atoms with E-state index >= 15 is 0 Å². The Morgan fingerprint density at radius 3 is 2.56 bits per heavy atom. The van der Waals surface area contributed by atoms with E-state index in [1.165, 1.54) is 0 Å². The standard InChI is InChI=1S/C13H17ClO4/c1-16-11-6-8(9(14)7-12(11)17-2)13(15)10-4-3-5-18-10/h6-7,10,13,15H,3-5H2,1-2H3. The topological polar surface area (TPSA) is 47.9 Å². The second-order valence-corrected chi connectivity index (χ2v) is 4.63. The summed E-state index contributed by atoms with van der Waals surface area (Å²) in [4.78, 5) is 0. The molecule has 18 heavy (non-hydrogen) atoms. The van der Waals surface area contributed by atoms with Gasteiger partial charge in [-0.2, -0.15) is 0 Å². The molecule has 0 radical (unpaired) electrons. The molecule has 1 aromatic rings. The van der Waals surface area contributed by atoms with Gasteiger partial charge in [0.25, 0.3) is 0 Å². The first-order chi connectivity index (χ1) is 8.67. The monoisotopic (exact) mass is 272 g/mol. The van der Waals surface area contributed by atoms with Gasteiger partial charge >= 0.3 is 0 Å². The second kappa shape index (κ2) is 5.78. The molecule has 1 aromatic carbocycles. The maximum atomic E-state index is 10.3. The lowest BCUT2D eigenvalue weighted by Gasteiger charge is -2.20. The van der Waals surface area contributed by atoms with Crippen molar-refractivity contribution in [1.82, 2.24) is 0 Å². The molecule has 2 unspecified atom stereocenters. The Morgan fingerprint density at radius 2 is 2.00 bits per heavy atom. The van der Waals surface area contributed by atoms with Gasteiger partial charge in [-0.05, 0) is 18.9 Å². The first-order valence-corrected chi connectivity index (χ1v) is 6.26. The molecule has 0 bridgehead atoms. The van der Waals surface area contributed by atoms with Gasteiger partial charge in [0, 0.05) is 18.2 Å². The van der Waals surface area contributed by atoms with Gasteiger partial charge in [0.2, 0.25) is 0 Å². The maximum absolute atomic E-state index is 10.3. The smallest absolute Gasteiger partial charge is 0.162 e.